The van der Waals surface area contributed by atoms with Crippen LogP contribution in [0.5, 0.6) is 5.75 Å². The minimum Gasteiger partial charge on any atom is -0.497 e. The Balaban J connectivity index is 1.64. The van der Waals surface area contributed by atoms with Gasteiger partial charge in [-0.25, -0.2) is 0 Å². The quantitative estimate of drug-likeness (QED) is 0.370. The van der Waals surface area contributed by atoms with Crippen molar-refractivity contribution in [1.29, 1.82) is 0 Å². The van der Waals surface area contributed by atoms with Gasteiger partial charge in [-0.3, -0.25) is 9.59 Å². The van der Waals surface area contributed by atoms with Gasteiger partial charge in [0.05, 0.1) is 18.4 Å². The molecule has 0 aliphatic heterocycles. The van der Waals surface area contributed by atoms with Crippen molar-refractivity contribution < 1.29 is 14.3 Å². The van der Waals surface area contributed by atoms with Gasteiger partial charge >= 0.3 is 0 Å². The number of carbonyl (C=O) groups is 2. The first kappa shape index (κ1) is 23.1. The molecule has 0 aliphatic carbocycles. The summed E-state index contributed by atoms with van der Waals surface area (Å²) in [6, 6.07) is 21.7. The number of hydrogen-bond donors (Lipinski definition) is 2. The monoisotopic (exact) mass is 430 g/mol. The zero-order valence-electron chi connectivity index (χ0n) is 18.7. The third-order valence-electron chi connectivity index (χ3n) is 5.30. The van der Waals surface area contributed by atoms with Crippen LogP contribution in [0.3, 0.4) is 0 Å². The van der Waals surface area contributed by atoms with Gasteiger partial charge in [0.15, 0.2) is 0 Å². The molecule has 32 heavy (non-hydrogen) atoms. The lowest BCUT2D eigenvalue weighted by molar-refractivity contribution is 0.102. The summed E-state index contributed by atoms with van der Waals surface area (Å²) in [5.41, 5.74) is 3.30. The molecule has 2 N–H and O–H groups in total. The lowest BCUT2D eigenvalue weighted by Gasteiger charge is -2.12. The number of aryl methyl sites for hydroxylation is 1. The molecule has 2 amide bonds. The highest BCUT2D eigenvalue weighted by molar-refractivity contribution is 6.12. The average molecular weight is 431 g/mol. The fourth-order valence-electron chi connectivity index (χ4n) is 3.44. The van der Waals surface area contributed by atoms with E-state index in [9.17, 15) is 9.59 Å². The fourth-order valence-corrected chi connectivity index (χ4v) is 3.44. The average Bonchev–Trinajstić information content (AvgIpc) is 2.83. The molecule has 0 unspecified atom stereocenters. The molecule has 0 saturated heterocycles. The zero-order valence-corrected chi connectivity index (χ0v) is 18.7. The van der Waals surface area contributed by atoms with E-state index < -0.39 is 0 Å². The minimum atomic E-state index is -0.298. The Hall–Kier alpha value is -3.60. The normalized spacial score (nSPS) is 10.4. The number of anilines is 2. The molecule has 0 aromatic heterocycles. The van der Waals surface area contributed by atoms with Crippen LogP contribution in [0.25, 0.3) is 0 Å². The topological polar surface area (TPSA) is 67.4 Å². The van der Waals surface area contributed by atoms with Gasteiger partial charge in [-0.05, 0) is 66.9 Å². The molecule has 3 aromatic rings. The highest BCUT2D eigenvalue weighted by Gasteiger charge is 2.14. The van der Waals surface area contributed by atoms with Gasteiger partial charge in [-0.1, -0.05) is 50.5 Å². The van der Waals surface area contributed by atoms with E-state index in [0.29, 0.717) is 28.3 Å². The van der Waals surface area contributed by atoms with Crippen LogP contribution >= 0.6 is 0 Å². The van der Waals surface area contributed by atoms with Crippen LogP contribution in [0.2, 0.25) is 0 Å². The number of rotatable bonds is 10. The van der Waals surface area contributed by atoms with Crippen molar-refractivity contribution in [2.75, 3.05) is 17.7 Å². The Bertz CT molecular complexity index is 1030. The third-order valence-corrected chi connectivity index (χ3v) is 5.30. The van der Waals surface area contributed by atoms with E-state index in [2.05, 4.69) is 17.6 Å². The van der Waals surface area contributed by atoms with Crippen LogP contribution in [-0.2, 0) is 6.42 Å². The van der Waals surface area contributed by atoms with Crippen molar-refractivity contribution in [3.8, 4) is 5.75 Å². The number of amides is 2. The molecule has 0 radical (unpaired) electrons. The van der Waals surface area contributed by atoms with Crippen molar-refractivity contribution in [3.05, 3.63) is 89.5 Å². The van der Waals surface area contributed by atoms with E-state index in [1.54, 1.807) is 55.6 Å². The Morgan fingerprint density at radius 3 is 2.19 bits per heavy atom. The van der Waals surface area contributed by atoms with Crippen molar-refractivity contribution >= 4 is 23.2 Å². The molecule has 0 aliphatic rings. The van der Waals surface area contributed by atoms with Crippen LogP contribution in [0.1, 0.15) is 58.9 Å². The molecule has 0 bridgehead atoms. The maximum atomic E-state index is 12.8. The Morgan fingerprint density at radius 2 is 1.50 bits per heavy atom. The predicted molar refractivity (Wildman–Crippen MR) is 130 cm³/mol. The largest absolute Gasteiger partial charge is 0.497 e. The van der Waals surface area contributed by atoms with E-state index in [-0.39, 0.29) is 11.8 Å². The highest BCUT2D eigenvalue weighted by atomic mass is 16.5. The van der Waals surface area contributed by atoms with E-state index in [1.165, 1.54) is 24.8 Å². The molecule has 0 atom stereocenters. The first-order valence-electron chi connectivity index (χ1n) is 11.1. The molecule has 0 fully saturated rings. The van der Waals surface area contributed by atoms with Crippen molar-refractivity contribution in [3.63, 3.8) is 0 Å². The molecule has 3 rings (SSSR count). The molecule has 0 heterocycles. The van der Waals surface area contributed by atoms with Gasteiger partial charge in [0.2, 0.25) is 0 Å². The lowest BCUT2D eigenvalue weighted by atomic mass is 10.0. The standard InChI is InChI=1S/C27H30N2O3/c1-3-4-5-6-9-20-12-14-21(15-13-20)26(30)29-25-11-8-7-10-24(25)27(31)28-22-16-18-23(32-2)19-17-22/h7-8,10-19H,3-6,9H2,1-2H3,(H,28,31)(H,29,30). The smallest absolute Gasteiger partial charge is 0.257 e. The third kappa shape index (κ3) is 6.45. The SMILES string of the molecule is CCCCCCc1ccc(C(=O)Nc2ccccc2C(=O)Nc2ccc(OC)cc2)cc1. The van der Waals surface area contributed by atoms with E-state index in [1.807, 2.05) is 24.3 Å². The van der Waals surface area contributed by atoms with Gasteiger partial charge in [0.1, 0.15) is 5.75 Å². The highest BCUT2D eigenvalue weighted by Crippen LogP contribution is 2.20. The molecule has 3 aromatic carbocycles. The molecule has 0 saturated carbocycles. The fraction of sp³-hybridized carbons (Fsp3) is 0.259. The molecule has 0 spiro atoms. The number of unbranched alkanes of at least 4 members (excludes halogenated alkanes) is 3. The molecular weight excluding hydrogens is 400 g/mol. The Labute approximate surface area is 189 Å². The van der Waals surface area contributed by atoms with E-state index in [4.69, 9.17) is 4.74 Å². The van der Waals surface area contributed by atoms with Gasteiger partial charge in [-0.15, -0.1) is 0 Å². The Morgan fingerprint density at radius 1 is 0.781 bits per heavy atom. The summed E-state index contributed by atoms with van der Waals surface area (Å²) < 4.78 is 5.14. The molecular formula is C27H30N2O3. The van der Waals surface area contributed by atoms with Crippen LogP contribution in [-0.4, -0.2) is 18.9 Å². The van der Waals surface area contributed by atoms with Crippen LogP contribution in [0.15, 0.2) is 72.8 Å². The number of methoxy groups -OCH3 is 1. The van der Waals surface area contributed by atoms with Gasteiger partial charge < -0.3 is 15.4 Å². The first-order chi connectivity index (χ1) is 15.6. The van der Waals surface area contributed by atoms with Crippen molar-refractivity contribution in [2.45, 2.75) is 39.0 Å². The molecule has 5 nitrogen and oxygen atoms in total. The van der Waals surface area contributed by atoms with Crippen molar-refractivity contribution in [2.24, 2.45) is 0 Å². The second-order valence-electron chi connectivity index (χ2n) is 7.69. The predicted octanol–water partition coefficient (Wildman–Crippen LogP) is 6.32. The maximum absolute atomic E-state index is 12.8. The van der Waals surface area contributed by atoms with Gasteiger partial charge in [0, 0.05) is 11.3 Å². The number of hydrogen-bond acceptors (Lipinski definition) is 3. The summed E-state index contributed by atoms with van der Waals surface area (Å²) >= 11 is 0. The number of ether oxygens (including phenoxy) is 1. The summed E-state index contributed by atoms with van der Waals surface area (Å²) in [7, 11) is 1.59. The van der Waals surface area contributed by atoms with Gasteiger partial charge in [0.25, 0.3) is 11.8 Å². The summed E-state index contributed by atoms with van der Waals surface area (Å²) in [6.07, 6.45) is 5.89. The van der Waals surface area contributed by atoms with Crippen molar-refractivity contribution in [1.82, 2.24) is 0 Å². The molecule has 166 valence electrons. The van der Waals surface area contributed by atoms with Crippen LogP contribution < -0.4 is 15.4 Å². The number of carbonyl (C=O) groups excluding carboxylic acids is 2. The first-order valence-corrected chi connectivity index (χ1v) is 11.1. The number of benzene rings is 3. The van der Waals surface area contributed by atoms with Crippen LogP contribution in [0.4, 0.5) is 11.4 Å². The van der Waals surface area contributed by atoms with Gasteiger partial charge in [-0.2, -0.15) is 0 Å². The molecule has 5 heteroatoms. The zero-order chi connectivity index (χ0) is 22.8. The number of para-hydroxylation sites is 1. The van der Waals surface area contributed by atoms with E-state index >= 15 is 0 Å². The minimum absolute atomic E-state index is 0.243. The van der Waals surface area contributed by atoms with Crippen LogP contribution in [0, 0.1) is 0 Å². The Kier molecular flexibility index (Phi) is 8.44. The summed E-state index contributed by atoms with van der Waals surface area (Å²) in [5, 5.41) is 5.72. The maximum Gasteiger partial charge on any atom is 0.257 e. The number of nitrogens with one attached hydrogen (secondary N) is 2. The summed E-state index contributed by atoms with van der Waals surface area (Å²) in [5.74, 6) is 0.170. The van der Waals surface area contributed by atoms with E-state index in [0.717, 1.165) is 12.8 Å². The second kappa shape index (κ2) is 11.7. The lowest BCUT2D eigenvalue weighted by Crippen LogP contribution is -2.18. The summed E-state index contributed by atoms with van der Waals surface area (Å²) in [6.45, 7) is 2.20. The second-order valence-corrected chi connectivity index (χ2v) is 7.69. The summed E-state index contributed by atoms with van der Waals surface area (Å²) in [4.78, 5) is 25.6.